The number of ether oxygens (including phenoxy) is 1. The van der Waals surface area contributed by atoms with Crippen molar-refractivity contribution in [2.75, 3.05) is 20.2 Å². The second-order valence-electron chi connectivity index (χ2n) is 7.48. The molecule has 0 radical (unpaired) electrons. The van der Waals surface area contributed by atoms with Crippen LogP contribution in [0.5, 0.6) is 0 Å². The van der Waals surface area contributed by atoms with Crippen molar-refractivity contribution in [3.8, 4) is 10.4 Å². The van der Waals surface area contributed by atoms with Crippen LogP contribution in [0.4, 0.5) is 0 Å². The molecule has 0 amide bonds. The topological polar surface area (TPSA) is 38.3 Å². The van der Waals surface area contributed by atoms with Crippen molar-refractivity contribution in [1.82, 2.24) is 5.32 Å². The summed E-state index contributed by atoms with van der Waals surface area (Å²) in [5.74, 6) is 0.443. The van der Waals surface area contributed by atoms with E-state index in [1.807, 2.05) is 18.2 Å². The van der Waals surface area contributed by atoms with Gasteiger partial charge >= 0.3 is 5.97 Å². The predicted octanol–water partition coefficient (Wildman–Crippen LogP) is 5.53. The third kappa shape index (κ3) is 3.87. The average Bonchev–Trinajstić information content (AvgIpc) is 3.20. The molecular formula is C23H27NO2S. The molecule has 4 heteroatoms. The highest BCUT2D eigenvalue weighted by Crippen LogP contribution is 2.41. The van der Waals surface area contributed by atoms with E-state index in [1.54, 1.807) is 11.3 Å². The molecule has 0 unspecified atom stereocenters. The lowest BCUT2D eigenvalue weighted by atomic mass is 9.78. The van der Waals surface area contributed by atoms with E-state index in [9.17, 15) is 4.79 Å². The van der Waals surface area contributed by atoms with E-state index in [1.165, 1.54) is 50.4 Å². The van der Waals surface area contributed by atoms with Crippen molar-refractivity contribution in [3.63, 3.8) is 0 Å². The lowest BCUT2D eigenvalue weighted by Gasteiger charge is -2.30. The molecule has 142 valence electrons. The molecule has 2 heterocycles. The fraction of sp³-hybridized carbons (Fsp3) is 0.435. The first-order valence-electron chi connectivity index (χ1n) is 9.98. The van der Waals surface area contributed by atoms with Gasteiger partial charge in [-0.2, -0.15) is 0 Å². The van der Waals surface area contributed by atoms with Crippen LogP contribution in [0, 0.1) is 5.92 Å². The summed E-state index contributed by atoms with van der Waals surface area (Å²) in [6.07, 6.45) is 7.55. The van der Waals surface area contributed by atoms with Crippen molar-refractivity contribution in [1.29, 1.82) is 0 Å². The molecule has 1 aromatic carbocycles. The molecule has 3 nitrogen and oxygen atoms in total. The molecule has 2 aliphatic rings. The van der Waals surface area contributed by atoms with E-state index in [4.69, 9.17) is 4.74 Å². The van der Waals surface area contributed by atoms with Crippen LogP contribution in [0.1, 0.15) is 53.8 Å². The van der Waals surface area contributed by atoms with Gasteiger partial charge in [-0.15, -0.1) is 11.3 Å². The van der Waals surface area contributed by atoms with Crippen LogP contribution in [-0.4, -0.2) is 26.2 Å². The Labute approximate surface area is 165 Å². The van der Waals surface area contributed by atoms with Gasteiger partial charge in [0.05, 0.1) is 7.11 Å². The van der Waals surface area contributed by atoms with E-state index in [0.29, 0.717) is 5.92 Å². The lowest BCUT2D eigenvalue weighted by Crippen LogP contribution is -2.29. The first-order valence-corrected chi connectivity index (χ1v) is 10.8. The number of methoxy groups -OCH3 is 1. The number of hydrogen-bond acceptors (Lipinski definition) is 4. The van der Waals surface area contributed by atoms with E-state index < -0.39 is 0 Å². The quantitative estimate of drug-likeness (QED) is 0.708. The molecule has 2 aromatic rings. The van der Waals surface area contributed by atoms with Crippen LogP contribution in [0.2, 0.25) is 0 Å². The third-order valence-electron chi connectivity index (χ3n) is 5.84. The van der Waals surface area contributed by atoms with Crippen LogP contribution in [0.3, 0.4) is 0 Å². The Bertz CT molecular complexity index is 831. The largest absolute Gasteiger partial charge is 0.465 e. The summed E-state index contributed by atoms with van der Waals surface area (Å²) in [6.45, 7) is 1.93. The Kier molecular flexibility index (Phi) is 5.74. The van der Waals surface area contributed by atoms with E-state index in [-0.39, 0.29) is 5.97 Å². The second kappa shape index (κ2) is 8.41. The molecule has 4 rings (SSSR count). The Morgan fingerprint density at radius 1 is 1.15 bits per heavy atom. The van der Waals surface area contributed by atoms with Gasteiger partial charge < -0.3 is 10.1 Å². The molecule has 1 saturated carbocycles. The molecule has 0 bridgehead atoms. The molecule has 0 spiro atoms. The van der Waals surface area contributed by atoms with Crippen molar-refractivity contribution >= 4 is 22.9 Å². The van der Waals surface area contributed by atoms with Gasteiger partial charge in [-0.05, 0) is 54.5 Å². The number of benzene rings is 1. The highest BCUT2D eigenvalue weighted by molar-refractivity contribution is 7.17. The average molecular weight is 382 g/mol. The Balaban J connectivity index is 1.81. The predicted molar refractivity (Wildman–Crippen MR) is 112 cm³/mol. The lowest BCUT2D eigenvalue weighted by molar-refractivity contribution is 0.0606. The molecule has 1 aliphatic heterocycles. The summed E-state index contributed by atoms with van der Waals surface area (Å²) in [4.78, 5) is 14.4. The Morgan fingerprint density at radius 3 is 2.67 bits per heavy atom. The summed E-state index contributed by atoms with van der Waals surface area (Å²) in [7, 11) is 1.48. The van der Waals surface area contributed by atoms with Gasteiger partial charge in [0, 0.05) is 17.0 Å². The Hall–Kier alpha value is -1.91. The Morgan fingerprint density at radius 2 is 1.93 bits per heavy atom. The summed E-state index contributed by atoms with van der Waals surface area (Å²) >= 11 is 1.56. The van der Waals surface area contributed by atoms with Crippen molar-refractivity contribution in [3.05, 3.63) is 52.4 Å². The van der Waals surface area contributed by atoms with Crippen LogP contribution >= 0.6 is 11.3 Å². The van der Waals surface area contributed by atoms with Gasteiger partial charge in [0.1, 0.15) is 4.88 Å². The number of thiophene rings is 1. The molecule has 0 saturated heterocycles. The van der Waals surface area contributed by atoms with Crippen molar-refractivity contribution in [2.24, 2.45) is 5.92 Å². The van der Waals surface area contributed by atoms with Crippen LogP contribution in [-0.2, 0) is 4.74 Å². The van der Waals surface area contributed by atoms with Gasteiger partial charge in [0.15, 0.2) is 0 Å². The summed E-state index contributed by atoms with van der Waals surface area (Å²) < 4.78 is 5.13. The smallest absolute Gasteiger partial charge is 0.348 e. The van der Waals surface area contributed by atoms with Crippen LogP contribution in [0.25, 0.3) is 16.0 Å². The highest BCUT2D eigenvalue weighted by atomic mass is 32.1. The van der Waals surface area contributed by atoms with Crippen LogP contribution in [0.15, 0.2) is 42.0 Å². The minimum atomic E-state index is -0.216. The number of rotatable bonds is 4. The first kappa shape index (κ1) is 18.5. The summed E-state index contributed by atoms with van der Waals surface area (Å²) in [5.41, 5.74) is 5.18. The van der Waals surface area contributed by atoms with Crippen LogP contribution < -0.4 is 5.32 Å². The standard InChI is InChI=1S/C23H27NO2S/c1-26-23(25)22-19(14-21(27-22)17-10-6-3-7-11-17)18-12-13-24-15-20(18)16-8-4-2-5-9-16/h3,6-7,10-11,14,16,24H,2,4-5,8-9,12-13,15H2,1H3. The first-order chi connectivity index (χ1) is 13.3. The van der Waals surface area contributed by atoms with Crippen molar-refractivity contribution in [2.45, 2.75) is 38.5 Å². The SMILES string of the molecule is COC(=O)c1sc(-c2ccccc2)cc1C1=C(C2CCCCC2)CNCC1. The number of carbonyl (C=O) groups excluding carboxylic acids is 1. The minimum Gasteiger partial charge on any atom is -0.465 e. The number of esters is 1. The maximum atomic E-state index is 12.6. The molecule has 1 N–H and O–H groups in total. The number of carbonyl (C=O) groups is 1. The van der Waals surface area contributed by atoms with Gasteiger partial charge in [-0.1, -0.05) is 49.6 Å². The molecule has 0 atom stereocenters. The normalized spacial score (nSPS) is 18.6. The number of nitrogens with one attached hydrogen (secondary N) is 1. The van der Waals surface area contributed by atoms with Gasteiger partial charge in [-0.25, -0.2) is 4.79 Å². The van der Waals surface area contributed by atoms with Gasteiger partial charge in [0.25, 0.3) is 0 Å². The minimum absolute atomic E-state index is 0.216. The molecule has 1 aromatic heterocycles. The zero-order chi connectivity index (χ0) is 18.6. The molecule has 27 heavy (non-hydrogen) atoms. The summed E-state index contributed by atoms with van der Waals surface area (Å²) in [6, 6.07) is 12.5. The molecule has 1 aliphatic carbocycles. The number of hydrogen-bond donors (Lipinski definition) is 1. The third-order valence-corrected chi connectivity index (χ3v) is 7.00. The second-order valence-corrected chi connectivity index (χ2v) is 8.53. The van der Waals surface area contributed by atoms with E-state index >= 15 is 0 Å². The van der Waals surface area contributed by atoms with Gasteiger partial charge in [-0.3, -0.25) is 0 Å². The highest BCUT2D eigenvalue weighted by Gasteiger charge is 2.27. The van der Waals surface area contributed by atoms with E-state index in [2.05, 4.69) is 23.5 Å². The zero-order valence-electron chi connectivity index (χ0n) is 15.9. The maximum absolute atomic E-state index is 12.6. The van der Waals surface area contributed by atoms with Crippen molar-refractivity contribution < 1.29 is 9.53 Å². The monoisotopic (exact) mass is 381 g/mol. The zero-order valence-corrected chi connectivity index (χ0v) is 16.7. The fourth-order valence-corrected chi connectivity index (χ4v) is 5.57. The fourth-order valence-electron chi connectivity index (χ4n) is 4.46. The maximum Gasteiger partial charge on any atom is 0.348 e. The summed E-state index contributed by atoms with van der Waals surface area (Å²) in [5, 5.41) is 3.56. The molecule has 1 fully saturated rings. The molecular weight excluding hydrogens is 354 g/mol. The van der Waals surface area contributed by atoms with Gasteiger partial charge in [0.2, 0.25) is 0 Å². The van der Waals surface area contributed by atoms with E-state index in [0.717, 1.165) is 40.4 Å².